The van der Waals surface area contributed by atoms with Crippen LogP contribution in [0.5, 0.6) is 0 Å². The van der Waals surface area contributed by atoms with E-state index in [4.69, 9.17) is 0 Å². The second kappa shape index (κ2) is 5.78. The number of alkyl halides is 3. The van der Waals surface area contributed by atoms with Crippen LogP contribution in [-0.2, 0) is 10.0 Å². The SMILES string of the molecule is O=S(=O)([N-]c1c(F)c(F)c(F)c(F)c1F)C(F)(F)F.[Li+]. The van der Waals surface area contributed by atoms with Crippen LogP contribution in [0, 0.1) is 29.1 Å². The van der Waals surface area contributed by atoms with E-state index in [2.05, 4.69) is 0 Å². The third-order valence-electron chi connectivity index (χ3n) is 1.69. The summed E-state index contributed by atoms with van der Waals surface area (Å²) >= 11 is 0. The summed E-state index contributed by atoms with van der Waals surface area (Å²) in [6.45, 7) is 0. The molecule has 0 atom stereocenters. The molecule has 13 heteroatoms. The Morgan fingerprint density at radius 2 is 1.05 bits per heavy atom. The van der Waals surface area contributed by atoms with Crippen LogP contribution in [0.25, 0.3) is 4.72 Å². The van der Waals surface area contributed by atoms with Crippen molar-refractivity contribution in [2.45, 2.75) is 5.51 Å². The van der Waals surface area contributed by atoms with Crippen molar-refractivity contribution in [2.24, 2.45) is 0 Å². The largest absolute Gasteiger partial charge is 1.00 e. The Balaban J connectivity index is 0.00000361. The molecule has 0 amide bonds. The van der Waals surface area contributed by atoms with E-state index < -0.39 is 50.3 Å². The Labute approximate surface area is 118 Å². The average Bonchev–Trinajstić information content (AvgIpc) is 2.28. The summed E-state index contributed by atoms with van der Waals surface area (Å²) in [7, 11) is -6.45. The fraction of sp³-hybridized carbons (Fsp3) is 0.143. The fourth-order valence-electron chi connectivity index (χ4n) is 0.845. The molecule has 0 bridgehead atoms. The van der Waals surface area contributed by atoms with Crippen LogP contribution in [0.15, 0.2) is 0 Å². The van der Waals surface area contributed by atoms with E-state index in [1.54, 1.807) is 4.72 Å². The van der Waals surface area contributed by atoms with E-state index in [9.17, 15) is 43.5 Å². The molecule has 1 rings (SSSR count). The van der Waals surface area contributed by atoms with Crippen LogP contribution in [-0.4, -0.2) is 13.9 Å². The number of hydrogen-bond acceptors (Lipinski definition) is 2. The van der Waals surface area contributed by atoms with Gasteiger partial charge in [0.15, 0.2) is 39.1 Å². The minimum Gasteiger partial charge on any atom is -0.564 e. The Morgan fingerprint density at radius 1 is 0.750 bits per heavy atom. The summed E-state index contributed by atoms with van der Waals surface area (Å²) in [6.07, 6.45) is 0. The molecule has 0 unspecified atom stereocenters. The van der Waals surface area contributed by atoms with Gasteiger partial charge in [0, 0.05) is 0 Å². The van der Waals surface area contributed by atoms with Gasteiger partial charge < -0.3 is 4.72 Å². The van der Waals surface area contributed by atoms with Crippen molar-refractivity contribution in [1.82, 2.24) is 0 Å². The normalized spacial score (nSPS) is 12.0. The number of hydrogen-bond donors (Lipinski definition) is 0. The summed E-state index contributed by atoms with van der Waals surface area (Å²) < 4.78 is 122. The van der Waals surface area contributed by atoms with Gasteiger partial charge >= 0.3 is 24.4 Å². The molecule has 0 heterocycles. The van der Waals surface area contributed by atoms with E-state index in [-0.39, 0.29) is 18.9 Å². The molecule has 0 spiro atoms. The van der Waals surface area contributed by atoms with Crippen molar-refractivity contribution < 1.29 is 62.4 Å². The Bertz CT molecular complexity index is 600. The number of rotatable bonds is 2. The molecule has 0 aliphatic carbocycles. The standard InChI is InChI=1S/C7F8NO2S.Li/c8-1-2(9)4(11)6(5(12)3(1)10)16-19(17,18)7(13,14)15;/q-1;+1. The molecule has 0 N–H and O–H groups in total. The Morgan fingerprint density at radius 3 is 1.35 bits per heavy atom. The smallest absolute Gasteiger partial charge is 0.564 e. The van der Waals surface area contributed by atoms with Gasteiger partial charge in [-0.1, -0.05) is 0 Å². The first-order valence-corrected chi connectivity index (χ1v) is 5.40. The first-order valence-electron chi connectivity index (χ1n) is 3.96. The first kappa shape index (κ1) is 19.0. The predicted octanol–water partition coefficient (Wildman–Crippen LogP) is 0.241. The van der Waals surface area contributed by atoms with E-state index in [0.29, 0.717) is 0 Å². The minimum atomic E-state index is -6.45. The van der Waals surface area contributed by atoms with E-state index in [1.807, 2.05) is 0 Å². The topological polar surface area (TPSA) is 48.2 Å². The van der Waals surface area contributed by atoms with Crippen molar-refractivity contribution in [1.29, 1.82) is 0 Å². The Hall–Kier alpha value is -0.993. The molecule has 3 nitrogen and oxygen atoms in total. The molecule has 108 valence electrons. The number of benzene rings is 1. The Kier molecular flexibility index (Phi) is 5.50. The maximum Gasteiger partial charge on any atom is 1.00 e. The van der Waals surface area contributed by atoms with E-state index in [0.717, 1.165) is 0 Å². The summed E-state index contributed by atoms with van der Waals surface area (Å²) in [5.41, 5.74) is -8.48. The number of sulfonamides is 1. The third kappa shape index (κ3) is 3.18. The molecule has 0 aliphatic heterocycles. The molecule has 0 aliphatic rings. The molecule has 1 aromatic rings. The molecule has 0 aromatic heterocycles. The zero-order valence-electron chi connectivity index (χ0n) is 9.20. The summed E-state index contributed by atoms with van der Waals surface area (Å²) in [5, 5.41) is 0. The van der Waals surface area contributed by atoms with Crippen molar-refractivity contribution in [2.75, 3.05) is 0 Å². The van der Waals surface area contributed by atoms with Gasteiger partial charge in [-0.25, -0.2) is 30.4 Å². The zero-order chi connectivity index (χ0) is 15.2. The van der Waals surface area contributed by atoms with Crippen LogP contribution in [0.3, 0.4) is 0 Å². The first-order chi connectivity index (χ1) is 8.40. The van der Waals surface area contributed by atoms with Crippen molar-refractivity contribution >= 4 is 15.7 Å². The second-order valence-electron chi connectivity index (χ2n) is 2.93. The van der Waals surface area contributed by atoms with Gasteiger partial charge in [-0.15, -0.1) is 0 Å². The van der Waals surface area contributed by atoms with Crippen molar-refractivity contribution in [3.8, 4) is 0 Å². The molecule has 0 fully saturated rings. The molecule has 20 heavy (non-hydrogen) atoms. The maximum absolute atomic E-state index is 12.9. The van der Waals surface area contributed by atoms with Crippen LogP contribution in [0.1, 0.15) is 0 Å². The number of halogens is 8. The summed E-state index contributed by atoms with van der Waals surface area (Å²) in [5.74, 6) is -13.5. The molecule has 0 radical (unpaired) electrons. The predicted molar refractivity (Wildman–Crippen MR) is 44.2 cm³/mol. The van der Waals surface area contributed by atoms with Gasteiger partial charge in [-0.2, -0.15) is 13.2 Å². The summed E-state index contributed by atoms with van der Waals surface area (Å²) in [4.78, 5) is 0. The third-order valence-corrected chi connectivity index (χ3v) is 2.70. The van der Waals surface area contributed by atoms with Crippen LogP contribution >= 0.6 is 0 Å². The van der Waals surface area contributed by atoms with Crippen LogP contribution in [0.4, 0.5) is 40.8 Å². The minimum absolute atomic E-state index is 0. The zero-order valence-corrected chi connectivity index (χ0v) is 10.0. The van der Waals surface area contributed by atoms with Crippen LogP contribution in [0.2, 0.25) is 0 Å². The average molecular weight is 321 g/mol. The monoisotopic (exact) mass is 321 g/mol. The van der Waals surface area contributed by atoms with Gasteiger partial charge in [0.1, 0.15) is 0 Å². The maximum atomic E-state index is 12.9. The molecular weight excluding hydrogens is 321 g/mol. The second-order valence-corrected chi connectivity index (χ2v) is 4.53. The molecule has 1 aromatic carbocycles. The number of nitrogens with zero attached hydrogens (tertiary/aromatic N) is 1. The van der Waals surface area contributed by atoms with Crippen molar-refractivity contribution in [3.63, 3.8) is 0 Å². The van der Waals surface area contributed by atoms with Gasteiger partial charge in [-0.3, -0.25) is 0 Å². The quantitative estimate of drug-likeness (QED) is 0.339. The van der Waals surface area contributed by atoms with Gasteiger partial charge in [-0.05, 0) is 5.69 Å². The fourth-order valence-corrected chi connectivity index (χ4v) is 1.35. The van der Waals surface area contributed by atoms with Crippen molar-refractivity contribution in [3.05, 3.63) is 33.8 Å². The van der Waals surface area contributed by atoms with Gasteiger partial charge in [0.2, 0.25) is 0 Å². The van der Waals surface area contributed by atoms with Gasteiger partial charge in [0.25, 0.3) is 0 Å². The van der Waals surface area contributed by atoms with Crippen LogP contribution < -0.4 is 18.9 Å². The molecule has 0 saturated carbocycles. The molecular formula is C7F8LiNO2S. The summed E-state index contributed by atoms with van der Waals surface area (Å²) in [6, 6.07) is 0. The van der Waals surface area contributed by atoms with E-state index >= 15 is 0 Å². The van der Waals surface area contributed by atoms with Gasteiger partial charge in [0.05, 0.1) is 0 Å². The van der Waals surface area contributed by atoms with E-state index in [1.165, 1.54) is 0 Å². The molecule has 0 saturated heterocycles.